The highest BCUT2D eigenvalue weighted by atomic mass is 35.5. The van der Waals surface area contributed by atoms with Crippen molar-refractivity contribution < 1.29 is 14.0 Å². The van der Waals surface area contributed by atoms with Gasteiger partial charge in [0.25, 0.3) is 11.8 Å². The number of amides is 2. The van der Waals surface area contributed by atoms with Crippen molar-refractivity contribution in [1.82, 2.24) is 24.8 Å². The summed E-state index contributed by atoms with van der Waals surface area (Å²) in [5.41, 5.74) is 3.49. The minimum atomic E-state index is -0.355. The maximum absolute atomic E-state index is 13.7. The van der Waals surface area contributed by atoms with E-state index in [2.05, 4.69) is 15.3 Å². The zero-order chi connectivity index (χ0) is 26.3. The molecule has 0 radical (unpaired) electrons. The van der Waals surface area contributed by atoms with Gasteiger partial charge in [-0.2, -0.15) is 0 Å². The van der Waals surface area contributed by atoms with E-state index in [1.807, 2.05) is 6.92 Å². The zero-order valence-corrected chi connectivity index (χ0v) is 21.7. The molecule has 0 bridgehead atoms. The van der Waals surface area contributed by atoms with Crippen LogP contribution in [0.2, 0.25) is 10.2 Å². The first-order valence-electron chi connectivity index (χ1n) is 11.8. The Morgan fingerprint density at radius 3 is 2.54 bits per heavy atom. The SMILES string of the molecule is Cc1cn(C)c(Cl)c1C(=O)N[C@@H]1CCN(C(=O)c2cc(Cl)c3nccnc3c2)C[C@@H]1c1ccc(F)cc1. The van der Waals surface area contributed by atoms with Crippen LogP contribution in [0.4, 0.5) is 4.39 Å². The van der Waals surface area contributed by atoms with E-state index in [1.165, 1.54) is 12.1 Å². The van der Waals surface area contributed by atoms with Crippen LogP contribution in [-0.2, 0) is 7.05 Å². The van der Waals surface area contributed by atoms with Crippen LogP contribution in [0.25, 0.3) is 11.0 Å². The third-order valence-corrected chi connectivity index (χ3v) is 7.56. The highest BCUT2D eigenvalue weighted by Crippen LogP contribution is 2.31. The molecule has 0 unspecified atom stereocenters. The van der Waals surface area contributed by atoms with Gasteiger partial charge in [-0.25, -0.2) is 4.39 Å². The fourth-order valence-electron chi connectivity index (χ4n) is 4.96. The van der Waals surface area contributed by atoms with Gasteiger partial charge in [-0.3, -0.25) is 19.6 Å². The van der Waals surface area contributed by atoms with Crippen molar-refractivity contribution >= 4 is 46.0 Å². The highest BCUT2D eigenvalue weighted by molar-refractivity contribution is 6.35. The van der Waals surface area contributed by atoms with Gasteiger partial charge >= 0.3 is 0 Å². The number of carbonyl (C=O) groups excluding carboxylic acids is 2. The predicted octanol–water partition coefficient (Wildman–Crippen LogP) is 5.15. The summed E-state index contributed by atoms with van der Waals surface area (Å²) in [7, 11) is 1.78. The van der Waals surface area contributed by atoms with Crippen molar-refractivity contribution in [3.05, 3.63) is 93.2 Å². The summed E-state index contributed by atoms with van der Waals surface area (Å²) in [6, 6.07) is 9.14. The predicted molar refractivity (Wildman–Crippen MR) is 141 cm³/mol. The molecule has 2 amide bonds. The average molecular weight is 540 g/mol. The monoisotopic (exact) mass is 539 g/mol. The van der Waals surface area contributed by atoms with Crippen LogP contribution in [0, 0.1) is 12.7 Å². The first kappa shape index (κ1) is 25.2. The Labute approximate surface area is 223 Å². The lowest BCUT2D eigenvalue weighted by Gasteiger charge is -2.39. The quantitative estimate of drug-likeness (QED) is 0.388. The summed E-state index contributed by atoms with van der Waals surface area (Å²) < 4.78 is 15.4. The number of halogens is 3. The lowest BCUT2D eigenvalue weighted by molar-refractivity contribution is 0.0671. The fraction of sp³-hybridized carbons (Fsp3) is 0.259. The van der Waals surface area contributed by atoms with Gasteiger partial charge in [0.2, 0.25) is 0 Å². The van der Waals surface area contributed by atoms with E-state index in [0.717, 1.165) is 11.1 Å². The molecule has 1 N–H and O–H groups in total. The molecule has 3 heterocycles. The second kappa shape index (κ2) is 10.1. The normalized spacial score (nSPS) is 17.7. The van der Waals surface area contributed by atoms with Gasteiger partial charge in [0, 0.05) is 56.3 Å². The molecule has 10 heteroatoms. The van der Waals surface area contributed by atoms with Crippen molar-refractivity contribution in [2.45, 2.75) is 25.3 Å². The minimum absolute atomic E-state index is 0.201. The highest BCUT2D eigenvalue weighted by Gasteiger charge is 2.35. The van der Waals surface area contributed by atoms with Crippen LogP contribution < -0.4 is 5.32 Å². The van der Waals surface area contributed by atoms with Gasteiger partial charge in [0.15, 0.2) is 0 Å². The number of aromatic nitrogens is 3. The maximum atomic E-state index is 13.7. The molecular formula is C27H24Cl2FN5O2. The number of piperidine rings is 1. The van der Waals surface area contributed by atoms with Gasteiger partial charge in [-0.1, -0.05) is 35.3 Å². The van der Waals surface area contributed by atoms with Crippen LogP contribution in [0.1, 0.15) is 44.2 Å². The molecule has 1 fully saturated rings. The molecule has 5 rings (SSSR count). The van der Waals surface area contributed by atoms with Gasteiger partial charge in [-0.05, 0) is 48.7 Å². The molecule has 0 aliphatic carbocycles. The molecule has 2 atom stereocenters. The Hall–Kier alpha value is -3.49. The number of nitrogens with one attached hydrogen (secondary N) is 1. The molecule has 190 valence electrons. The molecule has 0 spiro atoms. The van der Waals surface area contributed by atoms with Crippen LogP contribution in [0.15, 0.2) is 55.0 Å². The first-order chi connectivity index (χ1) is 17.7. The summed E-state index contributed by atoms with van der Waals surface area (Å²) in [5, 5.41) is 3.83. The largest absolute Gasteiger partial charge is 0.348 e. The Morgan fingerprint density at radius 1 is 1.11 bits per heavy atom. The Balaban J connectivity index is 1.43. The second-order valence-electron chi connectivity index (χ2n) is 9.25. The van der Waals surface area contributed by atoms with Crippen molar-refractivity contribution in [3.8, 4) is 0 Å². The van der Waals surface area contributed by atoms with E-state index < -0.39 is 0 Å². The third-order valence-electron chi connectivity index (χ3n) is 6.81. The number of rotatable bonds is 4. The molecule has 2 aromatic heterocycles. The number of likely N-dealkylation sites (tertiary alicyclic amines) is 1. The van der Waals surface area contributed by atoms with Gasteiger partial charge in [0.05, 0.1) is 16.1 Å². The van der Waals surface area contributed by atoms with E-state index in [4.69, 9.17) is 23.2 Å². The van der Waals surface area contributed by atoms with Gasteiger partial charge < -0.3 is 14.8 Å². The number of hydrogen-bond donors (Lipinski definition) is 1. The number of hydrogen-bond acceptors (Lipinski definition) is 4. The Bertz CT molecular complexity index is 1500. The number of aryl methyl sites for hydroxylation is 2. The van der Waals surface area contributed by atoms with Crippen LogP contribution in [-0.4, -0.2) is 50.4 Å². The van der Waals surface area contributed by atoms with E-state index in [1.54, 1.807) is 59.4 Å². The lowest BCUT2D eigenvalue weighted by Crippen LogP contribution is -2.51. The number of benzene rings is 2. The van der Waals surface area contributed by atoms with Crippen molar-refractivity contribution in [1.29, 1.82) is 0 Å². The number of fused-ring (bicyclic) bond motifs is 1. The molecule has 1 saturated heterocycles. The van der Waals surface area contributed by atoms with E-state index in [-0.39, 0.29) is 29.6 Å². The smallest absolute Gasteiger partial charge is 0.254 e. The number of nitrogens with zero attached hydrogens (tertiary/aromatic N) is 4. The zero-order valence-electron chi connectivity index (χ0n) is 20.2. The molecule has 1 aliphatic heterocycles. The summed E-state index contributed by atoms with van der Waals surface area (Å²) in [6.45, 7) is 2.57. The first-order valence-corrected chi connectivity index (χ1v) is 12.6. The molecular weight excluding hydrogens is 516 g/mol. The average Bonchev–Trinajstić information content (AvgIpc) is 3.15. The van der Waals surface area contributed by atoms with Crippen molar-refractivity contribution in [3.63, 3.8) is 0 Å². The standard InChI is InChI=1S/C27H24Cl2FN5O2/c1-15-13-34(2)25(29)23(15)26(36)33-21-7-10-35(14-19(21)16-3-5-18(30)6-4-16)27(37)17-11-20(28)24-22(12-17)31-8-9-32-24/h3-6,8-9,11-13,19,21H,7,10,14H2,1-2H3,(H,33,36)/t19-,21-/m1/s1. The van der Waals surface area contributed by atoms with Gasteiger partial charge in [-0.15, -0.1) is 0 Å². The second-order valence-corrected chi connectivity index (χ2v) is 10.0. The molecule has 37 heavy (non-hydrogen) atoms. The lowest BCUT2D eigenvalue weighted by atomic mass is 9.85. The summed E-state index contributed by atoms with van der Waals surface area (Å²) >= 11 is 12.8. The third kappa shape index (κ3) is 4.91. The van der Waals surface area contributed by atoms with Crippen LogP contribution >= 0.6 is 23.2 Å². The molecule has 7 nitrogen and oxygen atoms in total. The fourth-order valence-corrected chi connectivity index (χ4v) is 5.51. The maximum Gasteiger partial charge on any atom is 0.254 e. The Morgan fingerprint density at radius 2 is 1.84 bits per heavy atom. The Kier molecular flexibility index (Phi) is 6.88. The minimum Gasteiger partial charge on any atom is -0.348 e. The van der Waals surface area contributed by atoms with Crippen molar-refractivity contribution in [2.75, 3.05) is 13.1 Å². The van der Waals surface area contributed by atoms with Crippen molar-refractivity contribution in [2.24, 2.45) is 7.05 Å². The van der Waals surface area contributed by atoms with E-state index >= 15 is 0 Å². The van der Waals surface area contributed by atoms with E-state index in [9.17, 15) is 14.0 Å². The summed E-state index contributed by atoms with van der Waals surface area (Å²) in [4.78, 5) is 37.0. The van der Waals surface area contributed by atoms with Crippen LogP contribution in [0.5, 0.6) is 0 Å². The summed E-state index contributed by atoms with van der Waals surface area (Å²) in [5.74, 6) is -1.10. The molecule has 1 aliphatic rings. The van der Waals surface area contributed by atoms with E-state index in [0.29, 0.717) is 51.8 Å². The topological polar surface area (TPSA) is 80.1 Å². The summed E-state index contributed by atoms with van der Waals surface area (Å²) in [6.07, 6.45) is 5.40. The van der Waals surface area contributed by atoms with Crippen LogP contribution in [0.3, 0.4) is 0 Å². The molecule has 2 aromatic carbocycles. The molecule has 4 aromatic rings. The van der Waals surface area contributed by atoms with Gasteiger partial charge in [0.1, 0.15) is 16.5 Å². The molecule has 0 saturated carbocycles. The number of carbonyl (C=O) groups is 2.